The predicted molar refractivity (Wildman–Crippen MR) is 82.5 cm³/mol. The van der Waals surface area contributed by atoms with E-state index in [0.717, 1.165) is 12.8 Å². The van der Waals surface area contributed by atoms with Crippen LogP contribution in [0.1, 0.15) is 31.7 Å². The lowest BCUT2D eigenvalue weighted by molar-refractivity contribution is -0.144. The van der Waals surface area contributed by atoms with Gasteiger partial charge in [0, 0.05) is 13.1 Å². The van der Waals surface area contributed by atoms with E-state index in [9.17, 15) is 14.7 Å². The monoisotopic (exact) mass is 345 g/mol. The van der Waals surface area contributed by atoms with Crippen molar-refractivity contribution in [2.45, 2.75) is 37.8 Å². The number of piperidine rings is 1. The fourth-order valence-corrected chi connectivity index (χ4v) is 3.42. The van der Waals surface area contributed by atoms with Crippen LogP contribution >= 0.6 is 23.2 Å². The van der Waals surface area contributed by atoms with E-state index in [1.54, 1.807) is 0 Å². The maximum absolute atomic E-state index is 12.1. The average Bonchev–Trinajstić information content (AvgIpc) is 3.31. The summed E-state index contributed by atoms with van der Waals surface area (Å²) in [5.74, 6) is -0.467. The molecule has 1 aromatic rings. The highest BCUT2D eigenvalue weighted by Crippen LogP contribution is 2.37. The number of carboxylic acids is 1. The van der Waals surface area contributed by atoms with Gasteiger partial charge in [-0.15, -0.1) is 0 Å². The van der Waals surface area contributed by atoms with Gasteiger partial charge in [0.1, 0.15) is 11.1 Å². The molecule has 1 aromatic heterocycles. The Labute approximate surface area is 137 Å². The van der Waals surface area contributed by atoms with E-state index in [2.05, 4.69) is 5.10 Å². The van der Waals surface area contributed by atoms with E-state index in [0.29, 0.717) is 25.9 Å². The second-order valence-corrected chi connectivity index (χ2v) is 6.73. The number of hydrogen-bond acceptors (Lipinski definition) is 4. The minimum atomic E-state index is -0.745. The Morgan fingerprint density at radius 1 is 1.27 bits per heavy atom. The number of aromatic nitrogens is 2. The molecule has 0 amide bonds. The van der Waals surface area contributed by atoms with Crippen LogP contribution in [-0.2, 0) is 4.79 Å². The molecule has 3 rings (SSSR count). The van der Waals surface area contributed by atoms with E-state index < -0.39 is 5.97 Å². The molecule has 1 unspecified atom stereocenters. The van der Waals surface area contributed by atoms with Gasteiger partial charge < -0.3 is 5.11 Å². The van der Waals surface area contributed by atoms with Crippen LogP contribution in [0.4, 0.5) is 0 Å². The van der Waals surface area contributed by atoms with Crippen LogP contribution < -0.4 is 5.56 Å². The first-order chi connectivity index (χ1) is 10.5. The summed E-state index contributed by atoms with van der Waals surface area (Å²) in [6, 6.07) is -0.452. The van der Waals surface area contributed by atoms with Crippen molar-refractivity contribution >= 4 is 29.2 Å². The molecule has 0 radical (unpaired) electrons. The van der Waals surface area contributed by atoms with E-state index in [4.69, 9.17) is 23.2 Å². The highest BCUT2D eigenvalue weighted by atomic mass is 35.5. The number of rotatable bonds is 4. The fourth-order valence-electron chi connectivity index (χ4n) is 3.16. The van der Waals surface area contributed by atoms with E-state index in [1.165, 1.54) is 10.9 Å². The molecule has 0 aromatic carbocycles. The van der Waals surface area contributed by atoms with Crippen LogP contribution in [0.2, 0.25) is 10.0 Å². The molecule has 0 bridgehead atoms. The van der Waals surface area contributed by atoms with Crippen molar-refractivity contribution < 1.29 is 9.90 Å². The normalized spacial score (nSPS) is 21.7. The third kappa shape index (κ3) is 3.00. The van der Waals surface area contributed by atoms with Crippen LogP contribution in [0.3, 0.4) is 0 Å². The van der Waals surface area contributed by atoms with Gasteiger partial charge in [0.15, 0.2) is 0 Å². The van der Waals surface area contributed by atoms with Gasteiger partial charge in [0.05, 0.1) is 17.3 Å². The third-order valence-corrected chi connectivity index (χ3v) is 5.21. The number of carboxylic acid groups (broad SMARTS) is 1. The Bertz CT molecular complexity index is 637. The quantitative estimate of drug-likeness (QED) is 0.903. The Morgan fingerprint density at radius 3 is 2.45 bits per heavy atom. The van der Waals surface area contributed by atoms with E-state index >= 15 is 0 Å². The summed E-state index contributed by atoms with van der Waals surface area (Å²) in [7, 11) is 0. The van der Waals surface area contributed by atoms with E-state index in [-0.39, 0.29) is 33.6 Å². The van der Waals surface area contributed by atoms with Gasteiger partial charge in [0.25, 0.3) is 5.56 Å². The van der Waals surface area contributed by atoms with Crippen LogP contribution in [-0.4, -0.2) is 44.9 Å². The second kappa shape index (κ2) is 6.18. The zero-order valence-corrected chi connectivity index (χ0v) is 13.4. The van der Waals surface area contributed by atoms with Gasteiger partial charge in [0.2, 0.25) is 0 Å². The molecule has 1 aliphatic heterocycles. The molecule has 22 heavy (non-hydrogen) atoms. The summed E-state index contributed by atoms with van der Waals surface area (Å²) in [4.78, 5) is 25.5. The number of carbonyl (C=O) groups is 1. The van der Waals surface area contributed by atoms with Crippen molar-refractivity contribution in [1.82, 2.24) is 14.7 Å². The highest BCUT2D eigenvalue weighted by Gasteiger charge is 2.41. The minimum absolute atomic E-state index is 0.0134. The fraction of sp³-hybridized carbons (Fsp3) is 0.643. The SMILES string of the molecule is O=C(O)C(C1CC1)N1CCC(n2ncc(Cl)c(Cl)c2=O)CC1. The lowest BCUT2D eigenvalue weighted by Gasteiger charge is -2.35. The summed E-state index contributed by atoms with van der Waals surface area (Å²) in [6.07, 6.45) is 4.72. The third-order valence-electron chi connectivity index (χ3n) is 4.46. The Kier molecular flexibility index (Phi) is 4.43. The molecule has 1 saturated heterocycles. The van der Waals surface area contributed by atoms with Gasteiger partial charge >= 0.3 is 5.97 Å². The van der Waals surface area contributed by atoms with Gasteiger partial charge in [-0.1, -0.05) is 23.2 Å². The van der Waals surface area contributed by atoms with Crippen molar-refractivity contribution in [2.24, 2.45) is 5.92 Å². The largest absolute Gasteiger partial charge is 0.480 e. The maximum atomic E-state index is 12.1. The summed E-state index contributed by atoms with van der Waals surface area (Å²) < 4.78 is 1.37. The van der Waals surface area contributed by atoms with Crippen LogP contribution in [0.15, 0.2) is 11.0 Å². The zero-order valence-electron chi connectivity index (χ0n) is 11.9. The highest BCUT2D eigenvalue weighted by molar-refractivity contribution is 6.41. The smallest absolute Gasteiger partial charge is 0.321 e. The molecule has 8 heteroatoms. The lowest BCUT2D eigenvalue weighted by Crippen LogP contribution is -2.48. The van der Waals surface area contributed by atoms with Crippen molar-refractivity contribution in [2.75, 3.05) is 13.1 Å². The molecule has 120 valence electrons. The van der Waals surface area contributed by atoms with Crippen LogP contribution in [0.5, 0.6) is 0 Å². The molecule has 1 saturated carbocycles. The first-order valence-corrected chi connectivity index (χ1v) is 8.14. The summed E-state index contributed by atoms with van der Waals surface area (Å²) in [5.41, 5.74) is -0.385. The molecular formula is C14H17Cl2N3O3. The molecule has 2 fully saturated rings. The van der Waals surface area contributed by atoms with Crippen LogP contribution in [0.25, 0.3) is 0 Å². The molecule has 2 heterocycles. The second-order valence-electron chi connectivity index (χ2n) is 5.94. The number of nitrogens with zero attached hydrogens (tertiary/aromatic N) is 3. The van der Waals surface area contributed by atoms with Gasteiger partial charge in [-0.3, -0.25) is 14.5 Å². The first-order valence-electron chi connectivity index (χ1n) is 7.38. The van der Waals surface area contributed by atoms with Gasteiger partial charge in [-0.05, 0) is 31.6 Å². The molecule has 1 atom stereocenters. The van der Waals surface area contributed by atoms with Gasteiger partial charge in [-0.2, -0.15) is 5.10 Å². The Balaban J connectivity index is 1.70. The Hall–Kier alpha value is -1.11. The molecule has 1 aliphatic carbocycles. The molecule has 1 N–H and O–H groups in total. The van der Waals surface area contributed by atoms with Crippen molar-refractivity contribution in [3.05, 3.63) is 26.6 Å². The lowest BCUT2D eigenvalue weighted by atomic mass is 10.0. The maximum Gasteiger partial charge on any atom is 0.321 e. The minimum Gasteiger partial charge on any atom is -0.480 e. The zero-order chi connectivity index (χ0) is 15.9. The predicted octanol–water partition coefficient (Wildman–Crippen LogP) is 2.05. The topological polar surface area (TPSA) is 75.4 Å². The van der Waals surface area contributed by atoms with Crippen LogP contribution in [0, 0.1) is 5.92 Å². The van der Waals surface area contributed by atoms with Crippen molar-refractivity contribution in [1.29, 1.82) is 0 Å². The molecule has 0 spiro atoms. The number of aliphatic carboxylic acids is 1. The molecule has 6 nitrogen and oxygen atoms in total. The average molecular weight is 346 g/mol. The first kappa shape index (κ1) is 15.8. The number of likely N-dealkylation sites (tertiary alicyclic amines) is 1. The standard InChI is InChI=1S/C14H17Cl2N3O3/c15-10-7-17-19(13(20)11(10)16)9-3-5-18(6-4-9)12(14(21)22)8-1-2-8/h7-9,12H,1-6H2,(H,21,22). The molecule has 2 aliphatic rings. The Morgan fingerprint density at radius 2 is 1.91 bits per heavy atom. The molecular weight excluding hydrogens is 329 g/mol. The number of hydrogen-bond donors (Lipinski definition) is 1. The van der Waals surface area contributed by atoms with Gasteiger partial charge in [-0.25, -0.2) is 4.68 Å². The van der Waals surface area contributed by atoms with Crippen molar-refractivity contribution in [3.63, 3.8) is 0 Å². The van der Waals surface area contributed by atoms with Crippen molar-refractivity contribution in [3.8, 4) is 0 Å². The summed E-state index contributed by atoms with van der Waals surface area (Å²) in [6.45, 7) is 1.29. The van der Waals surface area contributed by atoms with E-state index in [1.807, 2.05) is 4.90 Å². The summed E-state index contributed by atoms with van der Waals surface area (Å²) >= 11 is 11.7. The summed E-state index contributed by atoms with van der Waals surface area (Å²) in [5, 5.41) is 13.6. The number of halogens is 2.